The number of aromatic nitrogens is 3. The lowest BCUT2D eigenvalue weighted by Crippen LogP contribution is -2.50. The summed E-state index contributed by atoms with van der Waals surface area (Å²) in [6.07, 6.45) is 12.1. The summed E-state index contributed by atoms with van der Waals surface area (Å²) in [4.78, 5) is 17.4. The first kappa shape index (κ1) is 16.1. The van der Waals surface area contributed by atoms with Crippen molar-refractivity contribution in [2.24, 2.45) is 0 Å². The standard InChI is InChI=1S/C18H29N5O/c24-18(14-23-13-17(19-20-23)15-7-8-15)22-11-5-6-16(12-22)21-9-3-1-2-4-10-21/h13,15-16H,1-12,14H2. The monoisotopic (exact) mass is 331 g/mol. The quantitative estimate of drug-likeness (QED) is 0.847. The molecule has 6 nitrogen and oxygen atoms in total. The number of carbonyl (C=O) groups is 1. The zero-order chi connectivity index (χ0) is 16.4. The summed E-state index contributed by atoms with van der Waals surface area (Å²) < 4.78 is 1.73. The van der Waals surface area contributed by atoms with Gasteiger partial charge in [-0.2, -0.15) is 0 Å². The molecule has 1 aromatic rings. The van der Waals surface area contributed by atoms with Crippen LogP contribution in [0, 0.1) is 0 Å². The van der Waals surface area contributed by atoms with Crippen LogP contribution in [0.3, 0.4) is 0 Å². The van der Waals surface area contributed by atoms with Gasteiger partial charge in [0.1, 0.15) is 6.54 Å². The Morgan fingerprint density at radius 2 is 1.83 bits per heavy atom. The molecular formula is C18H29N5O. The number of hydrogen-bond acceptors (Lipinski definition) is 4. The minimum Gasteiger partial charge on any atom is -0.340 e. The topological polar surface area (TPSA) is 54.3 Å². The Morgan fingerprint density at radius 3 is 2.58 bits per heavy atom. The van der Waals surface area contributed by atoms with Crippen molar-refractivity contribution in [1.29, 1.82) is 0 Å². The summed E-state index contributed by atoms with van der Waals surface area (Å²) >= 11 is 0. The van der Waals surface area contributed by atoms with Crippen molar-refractivity contribution >= 4 is 5.91 Å². The van der Waals surface area contributed by atoms with E-state index in [1.54, 1.807) is 4.68 Å². The van der Waals surface area contributed by atoms with E-state index in [4.69, 9.17) is 0 Å². The fraction of sp³-hybridized carbons (Fsp3) is 0.833. The molecule has 24 heavy (non-hydrogen) atoms. The second-order valence-electron chi connectivity index (χ2n) is 7.70. The summed E-state index contributed by atoms with van der Waals surface area (Å²) in [6.45, 7) is 4.55. The van der Waals surface area contributed by atoms with Crippen molar-refractivity contribution in [2.75, 3.05) is 26.2 Å². The third kappa shape index (κ3) is 3.79. The number of piperidine rings is 1. The maximum absolute atomic E-state index is 12.7. The minimum absolute atomic E-state index is 0.196. The molecule has 0 aromatic carbocycles. The van der Waals surface area contributed by atoms with Crippen LogP contribution < -0.4 is 0 Å². The highest BCUT2D eigenvalue weighted by atomic mass is 16.2. The Kier molecular flexibility index (Phi) is 4.83. The molecule has 1 aliphatic carbocycles. The molecule has 3 fully saturated rings. The van der Waals surface area contributed by atoms with E-state index in [2.05, 4.69) is 20.1 Å². The molecule has 1 atom stereocenters. The molecule has 0 radical (unpaired) electrons. The van der Waals surface area contributed by atoms with Crippen LogP contribution in [-0.2, 0) is 11.3 Å². The third-order valence-electron chi connectivity index (χ3n) is 5.76. The number of hydrogen-bond donors (Lipinski definition) is 0. The second-order valence-corrected chi connectivity index (χ2v) is 7.70. The zero-order valence-electron chi connectivity index (χ0n) is 14.6. The lowest BCUT2D eigenvalue weighted by molar-refractivity contribution is -0.134. The molecule has 0 spiro atoms. The van der Waals surface area contributed by atoms with Gasteiger partial charge in [0.15, 0.2) is 0 Å². The average molecular weight is 331 g/mol. The number of rotatable bonds is 4. The molecule has 2 saturated heterocycles. The molecule has 0 N–H and O–H groups in total. The lowest BCUT2D eigenvalue weighted by Gasteiger charge is -2.39. The summed E-state index contributed by atoms with van der Waals surface area (Å²) in [7, 11) is 0. The molecule has 132 valence electrons. The van der Waals surface area contributed by atoms with Gasteiger partial charge in [-0.05, 0) is 51.6 Å². The van der Waals surface area contributed by atoms with E-state index in [9.17, 15) is 4.79 Å². The van der Waals surface area contributed by atoms with Crippen LogP contribution in [0.25, 0.3) is 0 Å². The second kappa shape index (κ2) is 7.21. The highest BCUT2D eigenvalue weighted by Gasteiger charge is 2.29. The smallest absolute Gasteiger partial charge is 0.244 e. The van der Waals surface area contributed by atoms with Gasteiger partial charge in [0.25, 0.3) is 0 Å². The van der Waals surface area contributed by atoms with Crippen molar-refractivity contribution in [3.63, 3.8) is 0 Å². The van der Waals surface area contributed by atoms with Gasteiger partial charge in [0.05, 0.1) is 5.69 Å². The molecule has 1 amide bonds. The first-order valence-corrected chi connectivity index (χ1v) is 9.71. The molecule has 4 rings (SSSR count). The number of nitrogens with zero attached hydrogens (tertiary/aromatic N) is 5. The predicted molar refractivity (Wildman–Crippen MR) is 91.6 cm³/mol. The van der Waals surface area contributed by atoms with Crippen LogP contribution in [0.1, 0.15) is 63.0 Å². The molecular weight excluding hydrogens is 302 g/mol. The summed E-state index contributed by atoms with van der Waals surface area (Å²) in [5.74, 6) is 0.790. The van der Waals surface area contributed by atoms with Crippen LogP contribution in [0.5, 0.6) is 0 Å². The van der Waals surface area contributed by atoms with Gasteiger partial charge in [-0.15, -0.1) is 5.10 Å². The maximum atomic E-state index is 12.7. The molecule has 1 unspecified atom stereocenters. The van der Waals surface area contributed by atoms with Gasteiger partial charge in [-0.3, -0.25) is 9.69 Å². The first-order chi connectivity index (χ1) is 11.8. The summed E-state index contributed by atoms with van der Waals surface area (Å²) in [5, 5.41) is 8.35. The van der Waals surface area contributed by atoms with E-state index in [-0.39, 0.29) is 5.91 Å². The molecule has 0 bridgehead atoms. The van der Waals surface area contributed by atoms with Gasteiger partial charge in [-0.1, -0.05) is 18.1 Å². The Hall–Kier alpha value is -1.43. The molecule has 1 aromatic heterocycles. The van der Waals surface area contributed by atoms with Gasteiger partial charge in [0, 0.05) is 31.2 Å². The van der Waals surface area contributed by atoms with Crippen molar-refractivity contribution < 1.29 is 4.79 Å². The van der Waals surface area contributed by atoms with Gasteiger partial charge in [0.2, 0.25) is 5.91 Å². The van der Waals surface area contributed by atoms with E-state index < -0.39 is 0 Å². The molecule has 3 aliphatic rings. The molecule has 1 saturated carbocycles. The van der Waals surface area contributed by atoms with Gasteiger partial charge >= 0.3 is 0 Å². The maximum Gasteiger partial charge on any atom is 0.244 e. The van der Waals surface area contributed by atoms with Crippen LogP contribution in [-0.4, -0.2) is 62.9 Å². The number of carbonyl (C=O) groups excluding carboxylic acids is 1. The van der Waals surface area contributed by atoms with Crippen LogP contribution in [0.2, 0.25) is 0 Å². The average Bonchev–Trinajstić information content (AvgIpc) is 3.40. The van der Waals surface area contributed by atoms with Crippen LogP contribution >= 0.6 is 0 Å². The van der Waals surface area contributed by atoms with Crippen molar-refractivity contribution in [1.82, 2.24) is 24.8 Å². The number of amides is 1. The zero-order valence-corrected chi connectivity index (χ0v) is 14.6. The Balaban J connectivity index is 1.33. The Morgan fingerprint density at radius 1 is 1.04 bits per heavy atom. The molecule has 2 aliphatic heterocycles. The van der Waals surface area contributed by atoms with Gasteiger partial charge < -0.3 is 4.90 Å². The molecule has 6 heteroatoms. The molecule has 3 heterocycles. The largest absolute Gasteiger partial charge is 0.340 e. The van der Waals surface area contributed by atoms with E-state index in [1.165, 1.54) is 58.0 Å². The minimum atomic E-state index is 0.196. The van der Waals surface area contributed by atoms with E-state index in [1.807, 2.05) is 6.20 Å². The van der Waals surface area contributed by atoms with E-state index >= 15 is 0 Å². The normalized spacial score (nSPS) is 26.3. The van der Waals surface area contributed by atoms with Crippen molar-refractivity contribution in [3.05, 3.63) is 11.9 Å². The third-order valence-corrected chi connectivity index (χ3v) is 5.76. The predicted octanol–water partition coefficient (Wildman–Crippen LogP) is 2.02. The van der Waals surface area contributed by atoms with Crippen molar-refractivity contribution in [3.8, 4) is 0 Å². The first-order valence-electron chi connectivity index (χ1n) is 9.71. The van der Waals surface area contributed by atoms with Gasteiger partial charge in [-0.25, -0.2) is 4.68 Å². The number of likely N-dealkylation sites (tertiary alicyclic amines) is 2. The van der Waals surface area contributed by atoms with Crippen LogP contribution in [0.15, 0.2) is 6.20 Å². The van der Waals surface area contributed by atoms with Crippen LogP contribution in [0.4, 0.5) is 0 Å². The summed E-state index contributed by atoms with van der Waals surface area (Å²) in [5.41, 5.74) is 1.06. The van der Waals surface area contributed by atoms with E-state index in [0.29, 0.717) is 18.5 Å². The highest BCUT2D eigenvalue weighted by Crippen LogP contribution is 2.38. The fourth-order valence-electron chi connectivity index (χ4n) is 4.14. The van der Waals surface area contributed by atoms with Crippen molar-refractivity contribution in [2.45, 2.75) is 69.9 Å². The SMILES string of the molecule is O=C(Cn1cc(C2CC2)nn1)N1CCCC(N2CCCCCC2)C1. The Labute approximate surface area is 144 Å². The Bertz CT molecular complexity index is 560. The lowest BCUT2D eigenvalue weighted by atomic mass is 10.0. The fourth-order valence-corrected chi connectivity index (χ4v) is 4.14. The highest BCUT2D eigenvalue weighted by molar-refractivity contribution is 5.76. The van der Waals surface area contributed by atoms with E-state index in [0.717, 1.165) is 25.2 Å². The summed E-state index contributed by atoms with van der Waals surface area (Å²) in [6, 6.07) is 0.554.